The van der Waals surface area contributed by atoms with E-state index in [1.54, 1.807) is 30.1 Å². The standard InChI is InChI=1S/C19H31N3O3S.ClH/c1-4-5-12-21(3)19(23)17-8-6-7-9-18(17)26(24,25)22-13-10-16(11-14-22)15(2)20;/h6-9,15-16H,4-5,10-14,20H2,1-3H3;1H. The summed E-state index contributed by atoms with van der Waals surface area (Å²) in [6, 6.07) is 6.59. The van der Waals surface area contributed by atoms with Gasteiger partial charge in [0.2, 0.25) is 10.0 Å². The summed E-state index contributed by atoms with van der Waals surface area (Å²) in [5, 5.41) is 0. The lowest BCUT2D eigenvalue weighted by atomic mass is 9.92. The van der Waals surface area contributed by atoms with Crippen molar-refractivity contribution < 1.29 is 13.2 Å². The van der Waals surface area contributed by atoms with Crippen LogP contribution < -0.4 is 5.73 Å². The Morgan fingerprint density at radius 3 is 2.44 bits per heavy atom. The first-order valence-corrected chi connectivity index (χ1v) is 10.8. The quantitative estimate of drug-likeness (QED) is 0.739. The maximum absolute atomic E-state index is 13.1. The Morgan fingerprint density at radius 2 is 1.89 bits per heavy atom. The number of nitrogens with two attached hydrogens (primary N) is 1. The van der Waals surface area contributed by atoms with Crippen molar-refractivity contribution in [1.29, 1.82) is 0 Å². The molecule has 27 heavy (non-hydrogen) atoms. The Balaban J connectivity index is 0.00000364. The van der Waals surface area contributed by atoms with Crippen LogP contribution in [0, 0.1) is 5.92 Å². The molecule has 8 heteroatoms. The van der Waals surface area contributed by atoms with Gasteiger partial charge in [-0.15, -0.1) is 12.4 Å². The van der Waals surface area contributed by atoms with Gasteiger partial charge in [0.25, 0.3) is 5.91 Å². The Labute approximate surface area is 169 Å². The van der Waals surface area contributed by atoms with E-state index in [1.807, 2.05) is 6.92 Å². The molecule has 0 saturated carbocycles. The summed E-state index contributed by atoms with van der Waals surface area (Å²) >= 11 is 0. The molecule has 0 aliphatic carbocycles. The van der Waals surface area contributed by atoms with Gasteiger partial charge in [0.1, 0.15) is 0 Å². The van der Waals surface area contributed by atoms with Crippen molar-refractivity contribution >= 4 is 28.3 Å². The molecule has 2 rings (SSSR count). The predicted octanol–water partition coefficient (Wildman–Crippen LogP) is 2.73. The van der Waals surface area contributed by atoms with E-state index in [1.165, 1.54) is 10.4 Å². The largest absolute Gasteiger partial charge is 0.342 e. The van der Waals surface area contributed by atoms with E-state index >= 15 is 0 Å². The predicted molar refractivity (Wildman–Crippen MR) is 111 cm³/mol. The first-order chi connectivity index (χ1) is 12.3. The highest BCUT2D eigenvalue weighted by atomic mass is 35.5. The first kappa shape index (κ1) is 23.9. The van der Waals surface area contributed by atoms with E-state index < -0.39 is 10.0 Å². The molecule has 1 aromatic carbocycles. The maximum atomic E-state index is 13.1. The van der Waals surface area contributed by atoms with Crippen LogP contribution in [0.15, 0.2) is 29.2 Å². The molecule has 1 unspecified atom stereocenters. The minimum atomic E-state index is -3.70. The third-order valence-corrected chi connectivity index (χ3v) is 7.13. The zero-order valence-corrected chi connectivity index (χ0v) is 18.1. The number of halogens is 1. The molecule has 1 atom stereocenters. The molecule has 154 valence electrons. The number of nitrogens with zero attached hydrogens (tertiary/aromatic N) is 2. The first-order valence-electron chi connectivity index (χ1n) is 9.39. The molecular formula is C19H32ClN3O3S. The topological polar surface area (TPSA) is 83.7 Å². The van der Waals surface area contributed by atoms with Crippen LogP contribution in [0.3, 0.4) is 0 Å². The van der Waals surface area contributed by atoms with Crippen molar-refractivity contribution in [3.63, 3.8) is 0 Å². The van der Waals surface area contributed by atoms with Crippen molar-refractivity contribution in [2.45, 2.75) is 50.5 Å². The van der Waals surface area contributed by atoms with Crippen LogP contribution in [-0.2, 0) is 10.0 Å². The highest BCUT2D eigenvalue weighted by molar-refractivity contribution is 7.89. The highest BCUT2D eigenvalue weighted by Crippen LogP contribution is 2.27. The summed E-state index contributed by atoms with van der Waals surface area (Å²) in [5.41, 5.74) is 6.20. The molecule has 0 bridgehead atoms. The van der Waals surface area contributed by atoms with Gasteiger partial charge in [-0.1, -0.05) is 25.5 Å². The van der Waals surface area contributed by atoms with E-state index in [0.29, 0.717) is 25.6 Å². The van der Waals surface area contributed by atoms with Gasteiger partial charge in [0, 0.05) is 32.7 Å². The third kappa shape index (κ3) is 5.67. The number of rotatable bonds is 7. The lowest BCUT2D eigenvalue weighted by molar-refractivity contribution is 0.0789. The van der Waals surface area contributed by atoms with E-state index in [0.717, 1.165) is 25.7 Å². The van der Waals surface area contributed by atoms with Gasteiger partial charge < -0.3 is 10.6 Å². The van der Waals surface area contributed by atoms with Crippen molar-refractivity contribution in [1.82, 2.24) is 9.21 Å². The number of unbranched alkanes of at least 4 members (excludes halogenated alkanes) is 1. The third-order valence-electron chi connectivity index (χ3n) is 5.17. The summed E-state index contributed by atoms with van der Waals surface area (Å²) in [6.07, 6.45) is 3.38. The number of hydrogen-bond donors (Lipinski definition) is 1. The number of piperidine rings is 1. The van der Waals surface area contributed by atoms with Gasteiger partial charge in [-0.3, -0.25) is 4.79 Å². The molecule has 6 nitrogen and oxygen atoms in total. The molecule has 1 aliphatic heterocycles. The van der Waals surface area contributed by atoms with Crippen LogP contribution in [-0.4, -0.2) is 56.3 Å². The average Bonchev–Trinajstić information content (AvgIpc) is 2.65. The molecule has 1 aliphatic rings. The Morgan fingerprint density at radius 1 is 1.30 bits per heavy atom. The molecule has 1 heterocycles. The fourth-order valence-corrected chi connectivity index (χ4v) is 5.01. The van der Waals surface area contributed by atoms with E-state index in [-0.39, 0.29) is 34.8 Å². The van der Waals surface area contributed by atoms with Gasteiger partial charge in [-0.2, -0.15) is 4.31 Å². The van der Waals surface area contributed by atoms with Crippen LogP contribution in [0.2, 0.25) is 0 Å². The summed E-state index contributed by atoms with van der Waals surface area (Å²) in [5.74, 6) is 0.0987. The summed E-state index contributed by atoms with van der Waals surface area (Å²) in [6.45, 7) is 5.53. The summed E-state index contributed by atoms with van der Waals surface area (Å²) in [7, 11) is -1.98. The second-order valence-electron chi connectivity index (χ2n) is 7.18. The maximum Gasteiger partial charge on any atom is 0.254 e. The molecule has 0 aromatic heterocycles. The lowest BCUT2D eigenvalue weighted by Crippen LogP contribution is -2.43. The molecule has 0 radical (unpaired) electrons. The van der Waals surface area contributed by atoms with Crippen LogP contribution >= 0.6 is 12.4 Å². The van der Waals surface area contributed by atoms with Crippen molar-refractivity contribution in [2.24, 2.45) is 11.7 Å². The Hall–Kier alpha value is -1.15. The zero-order valence-electron chi connectivity index (χ0n) is 16.4. The minimum Gasteiger partial charge on any atom is -0.342 e. The molecular weight excluding hydrogens is 386 g/mol. The smallest absolute Gasteiger partial charge is 0.254 e. The van der Waals surface area contributed by atoms with Crippen molar-refractivity contribution in [2.75, 3.05) is 26.7 Å². The Bertz CT molecular complexity index is 717. The minimum absolute atomic E-state index is 0. The van der Waals surface area contributed by atoms with Crippen molar-refractivity contribution in [3.8, 4) is 0 Å². The van der Waals surface area contributed by atoms with Gasteiger partial charge in [-0.25, -0.2) is 8.42 Å². The van der Waals surface area contributed by atoms with Gasteiger partial charge >= 0.3 is 0 Å². The van der Waals surface area contributed by atoms with Crippen molar-refractivity contribution in [3.05, 3.63) is 29.8 Å². The Kier molecular flexibility index (Phi) is 9.21. The number of amides is 1. The zero-order chi connectivity index (χ0) is 19.3. The fourth-order valence-electron chi connectivity index (χ4n) is 3.35. The monoisotopic (exact) mass is 417 g/mol. The van der Waals surface area contributed by atoms with Gasteiger partial charge in [-0.05, 0) is 44.2 Å². The molecule has 1 amide bonds. The van der Waals surface area contributed by atoms with Gasteiger partial charge in [0.15, 0.2) is 0 Å². The van der Waals surface area contributed by atoms with E-state index in [2.05, 4.69) is 6.92 Å². The SMILES string of the molecule is CCCCN(C)C(=O)c1ccccc1S(=O)(=O)N1CCC(C(C)N)CC1.Cl. The van der Waals surface area contributed by atoms with E-state index in [4.69, 9.17) is 5.73 Å². The molecule has 0 spiro atoms. The molecule has 1 saturated heterocycles. The van der Waals surface area contributed by atoms with Crippen LogP contribution in [0.25, 0.3) is 0 Å². The number of carbonyl (C=O) groups is 1. The number of sulfonamides is 1. The van der Waals surface area contributed by atoms with Crippen LogP contribution in [0.5, 0.6) is 0 Å². The highest BCUT2D eigenvalue weighted by Gasteiger charge is 2.33. The summed E-state index contributed by atoms with van der Waals surface area (Å²) in [4.78, 5) is 14.5. The van der Waals surface area contributed by atoms with Gasteiger partial charge in [0.05, 0.1) is 10.5 Å². The average molecular weight is 418 g/mol. The molecule has 1 aromatic rings. The number of benzene rings is 1. The van der Waals surface area contributed by atoms with Crippen LogP contribution in [0.1, 0.15) is 49.9 Å². The molecule has 2 N–H and O–H groups in total. The van der Waals surface area contributed by atoms with E-state index in [9.17, 15) is 13.2 Å². The lowest BCUT2D eigenvalue weighted by Gasteiger charge is -2.33. The summed E-state index contributed by atoms with van der Waals surface area (Å²) < 4.78 is 27.8. The van der Waals surface area contributed by atoms with Crippen LogP contribution in [0.4, 0.5) is 0 Å². The number of carbonyl (C=O) groups excluding carboxylic acids is 1. The second-order valence-corrected chi connectivity index (χ2v) is 9.08. The fraction of sp³-hybridized carbons (Fsp3) is 0.632. The normalized spacial score (nSPS) is 17.2. The second kappa shape index (κ2) is 10.4. The number of hydrogen-bond acceptors (Lipinski definition) is 4. The molecule has 1 fully saturated rings.